The molecule has 7 heteroatoms. The zero-order valence-electron chi connectivity index (χ0n) is 15.3. The Hall–Kier alpha value is -2.93. The van der Waals surface area contributed by atoms with Gasteiger partial charge in [-0.2, -0.15) is 0 Å². The number of rotatable bonds is 9. The highest BCUT2D eigenvalue weighted by atomic mass is 16.5. The van der Waals surface area contributed by atoms with Gasteiger partial charge in [-0.25, -0.2) is 0 Å². The lowest BCUT2D eigenvalue weighted by atomic mass is 10.2. The van der Waals surface area contributed by atoms with E-state index in [9.17, 15) is 4.79 Å². The Morgan fingerprint density at radius 3 is 2.19 bits per heavy atom. The van der Waals surface area contributed by atoms with E-state index in [1.54, 1.807) is 43.5 Å². The Balaban J connectivity index is 2.18. The van der Waals surface area contributed by atoms with Gasteiger partial charge in [-0.3, -0.25) is 4.79 Å². The maximum Gasteiger partial charge on any atom is 0.255 e. The summed E-state index contributed by atoms with van der Waals surface area (Å²) in [6.07, 6.45) is 0. The van der Waals surface area contributed by atoms with Crippen molar-refractivity contribution in [3.05, 3.63) is 42.0 Å². The molecule has 0 aromatic heterocycles. The average Bonchev–Trinajstić information content (AvgIpc) is 2.67. The summed E-state index contributed by atoms with van der Waals surface area (Å²) in [5.74, 6) is 1.69. The monoisotopic (exact) mass is 361 g/mol. The van der Waals surface area contributed by atoms with Crippen molar-refractivity contribution in [2.75, 3.05) is 47.0 Å². The van der Waals surface area contributed by atoms with Crippen LogP contribution in [0.25, 0.3) is 0 Å². The van der Waals surface area contributed by atoms with Crippen molar-refractivity contribution >= 4 is 11.6 Å². The van der Waals surface area contributed by atoms with Gasteiger partial charge in [-0.1, -0.05) is 6.07 Å². The van der Waals surface area contributed by atoms with Gasteiger partial charge in [0, 0.05) is 30.5 Å². The maximum atomic E-state index is 12.5. The molecule has 0 spiro atoms. The molecule has 0 aliphatic rings. The molecule has 2 aromatic rings. The molecule has 0 aliphatic carbocycles. The minimum Gasteiger partial charge on any atom is -0.493 e. The standard InChI is InChI=1S/C19H23NO6/c1-22-8-9-26-15-7-5-6-13(10-15)19(21)20-14-11-16(23-2)18(25-4)17(12-14)24-3/h5-7,10-12H,8-9H2,1-4H3,(H,20,21). The van der Waals surface area contributed by atoms with E-state index in [1.807, 2.05) is 0 Å². The van der Waals surface area contributed by atoms with Crippen LogP contribution in [0.2, 0.25) is 0 Å². The van der Waals surface area contributed by atoms with Crippen LogP contribution in [0.3, 0.4) is 0 Å². The SMILES string of the molecule is COCCOc1cccc(C(=O)Nc2cc(OC)c(OC)c(OC)c2)c1. The molecule has 140 valence electrons. The Labute approximate surface area is 152 Å². The largest absolute Gasteiger partial charge is 0.493 e. The number of benzene rings is 2. The van der Waals surface area contributed by atoms with Crippen LogP contribution in [0.15, 0.2) is 36.4 Å². The highest BCUT2D eigenvalue weighted by Crippen LogP contribution is 2.40. The van der Waals surface area contributed by atoms with Crippen LogP contribution in [0, 0.1) is 0 Å². The molecule has 1 amide bonds. The Kier molecular flexibility index (Phi) is 7.11. The van der Waals surface area contributed by atoms with Crippen molar-refractivity contribution in [1.82, 2.24) is 0 Å². The van der Waals surface area contributed by atoms with E-state index in [0.717, 1.165) is 0 Å². The van der Waals surface area contributed by atoms with Crippen molar-refractivity contribution in [1.29, 1.82) is 0 Å². The van der Waals surface area contributed by atoms with E-state index in [4.69, 9.17) is 23.7 Å². The summed E-state index contributed by atoms with van der Waals surface area (Å²) in [4.78, 5) is 12.5. The lowest BCUT2D eigenvalue weighted by molar-refractivity contribution is 0.102. The van der Waals surface area contributed by atoms with E-state index < -0.39 is 0 Å². The number of ether oxygens (including phenoxy) is 5. The summed E-state index contributed by atoms with van der Waals surface area (Å²) < 4.78 is 26.3. The molecule has 0 saturated heterocycles. The fourth-order valence-corrected chi connectivity index (χ4v) is 2.33. The second kappa shape index (κ2) is 9.53. The predicted octanol–water partition coefficient (Wildman–Crippen LogP) is 2.99. The highest BCUT2D eigenvalue weighted by Gasteiger charge is 2.15. The van der Waals surface area contributed by atoms with Gasteiger partial charge in [0.1, 0.15) is 12.4 Å². The number of anilines is 1. The lowest BCUT2D eigenvalue weighted by Gasteiger charge is -2.15. The second-order valence-corrected chi connectivity index (χ2v) is 5.24. The van der Waals surface area contributed by atoms with E-state index in [0.29, 0.717) is 47.5 Å². The van der Waals surface area contributed by atoms with Crippen molar-refractivity contribution in [3.63, 3.8) is 0 Å². The number of hydrogen-bond donors (Lipinski definition) is 1. The molecule has 0 atom stereocenters. The molecule has 7 nitrogen and oxygen atoms in total. The van der Waals surface area contributed by atoms with Gasteiger partial charge in [-0.15, -0.1) is 0 Å². The zero-order valence-corrected chi connectivity index (χ0v) is 15.3. The van der Waals surface area contributed by atoms with E-state index in [1.165, 1.54) is 21.3 Å². The minimum absolute atomic E-state index is 0.281. The number of nitrogens with one attached hydrogen (secondary N) is 1. The molecule has 0 aliphatic heterocycles. The molecule has 0 heterocycles. The first-order valence-corrected chi connectivity index (χ1v) is 7.96. The number of hydrogen-bond acceptors (Lipinski definition) is 6. The van der Waals surface area contributed by atoms with Crippen LogP contribution in [-0.4, -0.2) is 47.6 Å². The summed E-state index contributed by atoms with van der Waals surface area (Å²) in [7, 11) is 6.16. The van der Waals surface area contributed by atoms with Crippen molar-refractivity contribution in [2.45, 2.75) is 0 Å². The number of carbonyl (C=O) groups excluding carboxylic acids is 1. The molecule has 0 bridgehead atoms. The van der Waals surface area contributed by atoms with Gasteiger partial charge in [-0.05, 0) is 18.2 Å². The Bertz CT molecular complexity index is 722. The summed E-state index contributed by atoms with van der Waals surface area (Å²) in [5, 5.41) is 2.82. The molecule has 0 saturated carbocycles. The zero-order chi connectivity index (χ0) is 18.9. The van der Waals surface area contributed by atoms with Crippen LogP contribution in [0.1, 0.15) is 10.4 Å². The van der Waals surface area contributed by atoms with Gasteiger partial charge in [0.05, 0.1) is 27.9 Å². The summed E-state index contributed by atoms with van der Waals surface area (Å²) in [6, 6.07) is 10.2. The number of carbonyl (C=O) groups is 1. The minimum atomic E-state index is -0.281. The van der Waals surface area contributed by atoms with Crippen molar-refractivity contribution in [3.8, 4) is 23.0 Å². The smallest absolute Gasteiger partial charge is 0.255 e. The molecule has 0 fully saturated rings. The first-order chi connectivity index (χ1) is 12.6. The average molecular weight is 361 g/mol. The molecule has 2 rings (SSSR count). The normalized spacial score (nSPS) is 10.2. The third-order valence-electron chi connectivity index (χ3n) is 3.58. The van der Waals surface area contributed by atoms with Crippen molar-refractivity contribution < 1.29 is 28.5 Å². The molecule has 2 aromatic carbocycles. The maximum absolute atomic E-state index is 12.5. The van der Waals surface area contributed by atoms with Crippen LogP contribution >= 0.6 is 0 Å². The van der Waals surface area contributed by atoms with Gasteiger partial charge in [0.2, 0.25) is 5.75 Å². The lowest BCUT2D eigenvalue weighted by Crippen LogP contribution is -2.13. The van der Waals surface area contributed by atoms with E-state index in [2.05, 4.69) is 5.32 Å². The summed E-state index contributed by atoms with van der Waals surface area (Å²) >= 11 is 0. The van der Waals surface area contributed by atoms with Gasteiger partial charge < -0.3 is 29.0 Å². The van der Waals surface area contributed by atoms with E-state index in [-0.39, 0.29) is 5.91 Å². The van der Waals surface area contributed by atoms with Crippen LogP contribution < -0.4 is 24.3 Å². The molecule has 1 N–H and O–H groups in total. The van der Waals surface area contributed by atoms with Gasteiger partial charge in [0.25, 0.3) is 5.91 Å². The predicted molar refractivity (Wildman–Crippen MR) is 97.9 cm³/mol. The second-order valence-electron chi connectivity index (χ2n) is 5.24. The topological polar surface area (TPSA) is 75.3 Å². The van der Waals surface area contributed by atoms with E-state index >= 15 is 0 Å². The fourth-order valence-electron chi connectivity index (χ4n) is 2.33. The highest BCUT2D eigenvalue weighted by molar-refractivity contribution is 6.04. The molecular weight excluding hydrogens is 338 g/mol. The molecule has 0 radical (unpaired) electrons. The molecule has 26 heavy (non-hydrogen) atoms. The number of amides is 1. The first-order valence-electron chi connectivity index (χ1n) is 7.96. The van der Waals surface area contributed by atoms with Crippen LogP contribution in [0.5, 0.6) is 23.0 Å². The molecule has 0 unspecified atom stereocenters. The first kappa shape index (κ1) is 19.4. The third-order valence-corrected chi connectivity index (χ3v) is 3.58. The van der Waals surface area contributed by atoms with Gasteiger partial charge in [0.15, 0.2) is 11.5 Å². The van der Waals surface area contributed by atoms with Crippen LogP contribution in [-0.2, 0) is 4.74 Å². The summed E-state index contributed by atoms with van der Waals surface area (Å²) in [5.41, 5.74) is 0.990. The van der Waals surface area contributed by atoms with Crippen LogP contribution in [0.4, 0.5) is 5.69 Å². The Morgan fingerprint density at radius 2 is 1.62 bits per heavy atom. The molecular formula is C19H23NO6. The quantitative estimate of drug-likeness (QED) is 0.692. The summed E-state index contributed by atoms with van der Waals surface area (Å²) in [6.45, 7) is 0.885. The number of methoxy groups -OCH3 is 4. The Morgan fingerprint density at radius 1 is 0.923 bits per heavy atom. The third kappa shape index (κ3) is 4.80. The van der Waals surface area contributed by atoms with Gasteiger partial charge >= 0.3 is 0 Å². The fraction of sp³-hybridized carbons (Fsp3) is 0.316. The van der Waals surface area contributed by atoms with Crippen molar-refractivity contribution in [2.24, 2.45) is 0 Å².